The van der Waals surface area contributed by atoms with Crippen LogP contribution in [0.4, 0.5) is 14.6 Å². The fraction of sp³-hybridized carbons (Fsp3) is 0.524. The number of hydrogen-bond donors (Lipinski definition) is 1. The van der Waals surface area contributed by atoms with E-state index in [4.69, 9.17) is 14.7 Å². The standard InChI is InChI=1S/C21H29F2N3O2/c1-6-13(7-2)24-20-17(9-4)25-19(16(8-3)26-20)15-11-10-14(28-21(22)23)12-18(15)27-5/h10-13,21H,6-9H2,1-5H3,(H,24,26). The quantitative estimate of drug-likeness (QED) is 0.579. The maximum atomic E-state index is 12.5. The van der Waals surface area contributed by atoms with Crippen molar-refractivity contribution in [1.82, 2.24) is 9.97 Å². The summed E-state index contributed by atoms with van der Waals surface area (Å²) >= 11 is 0. The lowest BCUT2D eigenvalue weighted by molar-refractivity contribution is -0.0499. The topological polar surface area (TPSA) is 56.3 Å². The highest BCUT2D eigenvalue weighted by molar-refractivity contribution is 5.71. The highest BCUT2D eigenvalue weighted by Gasteiger charge is 2.19. The van der Waals surface area contributed by atoms with Crippen LogP contribution in [-0.4, -0.2) is 29.7 Å². The van der Waals surface area contributed by atoms with Gasteiger partial charge in [0, 0.05) is 17.7 Å². The molecule has 2 rings (SSSR count). The SMILES string of the molecule is CCc1nc(-c2ccc(OC(F)F)cc2OC)c(CC)nc1NC(CC)CC. The fourth-order valence-electron chi connectivity index (χ4n) is 3.06. The summed E-state index contributed by atoms with van der Waals surface area (Å²) in [6.07, 6.45) is 3.41. The number of rotatable bonds is 10. The normalized spacial score (nSPS) is 11.2. The van der Waals surface area contributed by atoms with Crippen LogP contribution in [0.15, 0.2) is 18.2 Å². The van der Waals surface area contributed by atoms with Gasteiger partial charge in [0.1, 0.15) is 17.3 Å². The van der Waals surface area contributed by atoms with Gasteiger partial charge in [0.2, 0.25) is 0 Å². The fourth-order valence-corrected chi connectivity index (χ4v) is 3.06. The highest BCUT2D eigenvalue weighted by atomic mass is 19.3. The summed E-state index contributed by atoms with van der Waals surface area (Å²) in [4.78, 5) is 9.70. The summed E-state index contributed by atoms with van der Waals surface area (Å²) in [6, 6.07) is 4.97. The number of methoxy groups -OCH3 is 1. The molecule has 0 fully saturated rings. The van der Waals surface area contributed by atoms with Crippen LogP contribution in [0, 0.1) is 0 Å². The minimum atomic E-state index is -2.89. The molecule has 1 heterocycles. The Kier molecular flexibility index (Phi) is 7.96. The Morgan fingerprint density at radius 1 is 1.00 bits per heavy atom. The molecule has 2 aromatic rings. The van der Waals surface area contributed by atoms with Crippen molar-refractivity contribution < 1.29 is 18.3 Å². The van der Waals surface area contributed by atoms with Crippen molar-refractivity contribution in [3.63, 3.8) is 0 Å². The molecular formula is C21H29F2N3O2. The molecule has 0 unspecified atom stereocenters. The molecule has 1 N–H and O–H groups in total. The van der Waals surface area contributed by atoms with Gasteiger partial charge >= 0.3 is 6.61 Å². The number of nitrogens with one attached hydrogen (secondary N) is 1. The first kappa shape index (κ1) is 21.9. The average molecular weight is 393 g/mol. The highest BCUT2D eigenvalue weighted by Crippen LogP contribution is 2.35. The number of benzene rings is 1. The predicted octanol–water partition coefficient (Wildman–Crippen LogP) is 5.48. The molecule has 0 bridgehead atoms. The van der Waals surface area contributed by atoms with E-state index in [1.165, 1.54) is 19.2 Å². The van der Waals surface area contributed by atoms with Gasteiger partial charge in [-0.25, -0.2) is 9.97 Å². The van der Waals surface area contributed by atoms with Crippen LogP contribution < -0.4 is 14.8 Å². The van der Waals surface area contributed by atoms with Crippen LogP contribution in [0.25, 0.3) is 11.3 Å². The zero-order valence-corrected chi connectivity index (χ0v) is 17.2. The van der Waals surface area contributed by atoms with E-state index in [9.17, 15) is 8.78 Å². The molecule has 0 amide bonds. The second-order valence-electron chi connectivity index (χ2n) is 6.42. The summed E-state index contributed by atoms with van der Waals surface area (Å²) < 4.78 is 34.9. The van der Waals surface area contributed by atoms with Crippen molar-refractivity contribution in [2.24, 2.45) is 0 Å². The Morgan fingerprint density at radius 2 is 1.68 bits per heavy atom. The second-order valence-corrected chi connectivity index (χ2v) is 6.42. The first-order chi connectivity index (χ1) is 13.5. The van der Waals surface area contributed by atoms with Crippen LogP contribution in [-0.2, 0) is 12.8 Å². The van der Waals surface area contributed by atoms with Crippen molar-refractivity contribution in [1.29, 1.82) is 0 Å². The van der Waals surface area contributed by atoms with Gasteiger partial charge in [-0.1, -0.05) is 27.7 Å². The largest absolute Gasteiger partial charge is 0.496 e. The third kappa shape index (κ3) is 5.09. The molecule has 0 spiro atoms. The Balaban J connectivity index is 2.53. The molecule has 0 saturated heterocycles. The van der Waals surface area contributed by atoms with Crippen molar-refractivity contribution in [3.8, 4) is 22.8 Å². The molecule has 0 atom stereocenters. The molecule has 0 aliphatic heterocycles. The molecular weight excluding hydrogens is 364 g/mol. The molecule has 5 nitrogen and oxygen atoms in total. The van der Waals surface area contributed by atoms with Gasteiger partial charge in [0.15, 0.2) is 0 Å². The predicted molar refractivity (Wildman–Crippen MR) is 107 cm³/mol. The second kappa shape index (κ2) is 10.2. The number of aromatic nitrogens is 2. The molecule has 0 aliphatic rings. The van der Waals surface area contributed by atoms with Crippen LogP contribution in [0.2, 0.25) is 0 Å². The van der Waals surface area contributed by atoms with Crippen LogP contribution in [0.5, 0.6) is 11.5 Å². The number of anilines is 1. The first-order valence-electron chi connectivity index (χ1n) is 9.76. The van der Waals surface area contributed by atoms with Gasteiger partial charge in [0.25, 0.3) is 0 Å². The summed E-state index contributed by atoms with van der Waals surface area (Å²) in [7, 11) is 1.49. The number of nitrogens with zero attached hydrogens (tertiary/aromatic N) is 2. The van der Waals surface area contributed by atoms with E-state index in [-0.39, 0.29) is 5.75 Å². The van der Waals surface area contributed by atoms with Gasteiger partial charge < -0.3 is 14.8 Å². The zero-order chi connectivity index (χ0) is 20.7. The van der Waals surface area contributed by atoms with Crippen molar-refractivity contribution in [3.05, 3.63) is 29.6 Å². The molecule has 1 aromatic carbocycles. The van der Waals surface area contributed by atoms with E-state index in [0.29, 0.717) is 29.5 Å². The first-order valence-corrected chi connectivity index (χ1v) is 9.76. The van der Waals surface area contributed by atoms with E-state index in [2.05, 4.69) is 23.9 Å². The molecule has 0 radical (unpaired) electrons. The van der Waals surface area contributed by atoms with Gasteiger partial charge in [-0.3, -0.25) is 0 Å². The maximum absolute atomic E-state index is 12.5. The smallest absolute Gasteiger partial charge is 0.387 e. The van der Waals surface area contributed by atoms with Crippen LogP contribution in [0.3, 0.4) is 0 Å². The van der Waals surface area contributed by atoms with Crippen LogP contribution >= 0.6 is 0 Å². The van der Waals surface area contributed by atoms with E-state index >= 15 is 0 Å². The Hall–Kier alpha value is -2.44. The molecule has 7 heteroatoms. The summed E-state index contributed by atoms with van der Waals surface area (Å²) in [6.45, 7) is 5.45. The molecule has 1 aromatic heterocycles. The van der Waals surface area contributed by atoms with E-state index in [1.54, 1.807) is 6.07 Å². The van der Waals surface area contributed by atoms with Crippen molar-refractivity contribution in [2.75, 3.05) is 12.4 Å². The zero-order valence-electron chi connectivity index (χ0n) is 17.2. The van der Waals surface area contributed by atoms with Gasteiger partial charge in [0.05, 0.1) is 24.2 Å². The lowest BCUT2D eigenvalue weighted by Gasteiger charge is -2.20. The number of aryl methyl sites for hydroxylation is 2. The Morgan fingerprint density at radius 3 is 2.21 bits per heavy atom. The summed E-state index contributed by atoms with van der Waals surface area (Å²) in [5, 5.41) is 3.50. The minimum Gasteiger partial charge on any atom is -0.496 e. The lowest BCUT2D eigenvalue weighted by Crippen LogP contribution is -2.20. The molecule has 0 saturated carbocycles. The third-order valence-electron chi connectivity index (χ3n) is 4.69. The summed E-state index contributed by atoms with van der Waals surface area (Å²) in [5.41, 5.74) is 3.10. The van der Waals surface area contributed by atoms with Gasteiger partial charge in [-0.05, 0) is 37.8 Å². The number of hydrogen-bond acceptors (Lipinski definition) is 5. The average Bonchev–Trinajstić information content (AvgIpc) is 2.70. The molecule has 28 heavy (non-hydrogen) atoms. The van der Waals surface area contributed by atoms with Crippen LogP contribution in [0.1, 0.15) is 51.9 Å². The number of alkyl halides is 2. The number of ether oxygens (including phenoxy) is 2. The van der Waals surface area contributed by atoms with E-state index in [1.807, 2.05) is 13.8 Å². The molecule has 0 aliphatic carbocycles. The minimum absolute atomic E-state index is 0.0457. The van der Waals surface area contributed by atoms with Crippen molar-refractivity contribution >= 4 is 5.82 Å². The number of halogens is 2. The maximum Gasteiger partial charge on any atom is 0.387 e. The third-order valence-corrected chi connectivity index (χ3v) is 4.69. The van der Waals surface area contributed by atoms with Gasteiger partial charge in [-0.15, -0.1) is 0 Å². The molecule has 154 valence electrons. The van der Waals surface area contributed by atoms with E-state index < -0.39 is 6.61 Å². The monoisotopic (exact) mass is 393 g/mol. The Labute approximate surface area is 165 Å². The van der Waals surface area contributed by atoms with E-state index in [0.717, 1.165) is 36.5 Å². The lowest BCUT2D eigenvalue weighted by atomic mass is 10.1. The van der Waals surface area contributed by atoms with Crippen molar-refractivity contribution in [2.45, 2.75) is 66.0 Å². The summed E-state index contributed by atoms with van der Waals surface area (Å²) in [5.74, 6) is 1.28. The Bertz CT molecular complexity index is 780. The van der Waals surface area contributed by atoms with Gasteiger partial charge in [-0.2, -0.15) is 8.78 Å².